The van der Waals surface area contributed by atoms with E-state index in [2.05, 4.69) is 43.8 Å². The van der Waals surface area contributed by atoms with Gasteiger partial charge in [-0.1, -0.05) is 55.2 Å². The van der Waals surface area contributed by atoms with Crippen molar-refractivity contribution in [1.82, 2.24) is 24.6 Å². The molecule has 160 valence electrons. The zero-order chi connectivity index (χ0) is 21.6. The van der Waals surface area contributed by atoms with E-state index in [1.54, 1.807) is 6.07 Å². The summed E-state index contributed by atoms with van der Waals surface area (Å²) in [7, 11) is 4.08. The Kier molecular flexibility index (Phi) is 9.20. The Morgan fingerprint density at radius 3 is 2.62 bits per heavy atom. The van der Waals surface area contributed by atoms with Crippen LogP contribution in [0.15, 0.2) is 17.4 Å². The highest BCUT2D eigenvalue weighted by atomic mass is 35.5. The molecule has 0 radical (unpaired) electrons. The molecule has 0 saturated carbocycles. The SMILES string of the molecule is CCCCn1c(S[C@H](C)C(=O)Nc2ncc(Cl)cc2Cl)nnc1[C@@H](CC)N(C)C. The first-order valence-electron chi connectivity index (χ1n) is 9.66. The number of amides is 1. The topological polar surface area (TPSA) is 75.9 Å². The van der Waals surface area contributed by atoms with Gasteiger partial charge in [0.15, 0.2) is 16.8 Å². The molecule has 0 aliphatic rings. The van der Waals surface area contributed by atoms with E-state index in [9.17, 15) is 4.79 Å². The number of unbranched alkanes of at least 4 members (excludes halogenated alkanes) is 1. The van der Waals surface area contributed by atoms with Crippen molar-refractivity contribution >= 4 is 46.7 Å². The normalized spacial score (nSPS) is 13.5. The van der Waals surface area contributed by atoms with Crippen LogP contribution in [0.3, 0.4) is 0 Å². The molecule has 0 bridgehead atoms. The van der Waals surface area contributed by atoms with Crippen molar-refractivity contribution in [3.63, 3.8) is 0 Å². The van der Waals surface area contributed by atoms with E-state index in [0.29, 0.717) is 15.9 Å². The highest BCUT2D eigenvalue weighted by Gasteiger charge is 2.25. The minimum absolute atomic E-state index is 0.176. The van der Waals surface area contributed by atoms with Gasteiger partial charge < -0.3 is 9.88 Å². The van der Waals surface area contributed by atoms with Crippen LogP contribution in [0.5, 0.6) is 0 Å². The Hall–Kier alpha value is -1.35. The number of hydrogen-bond acceptors (Lipinski definition) is 6. The molecule has 0 aliphatic carbocycles. The average Bonchev–Trinajstić information content (AvgIpc) is 3.04. The van der Waals surface area contributed by atoms with Gasteiger partial charge in [0.2, 0.25) is 5.91 Å². The van der Waals surface area contributed by atoms with Crippen LogP contribution >= 0.6 is 35.0 Å². The second-order valence-corrected chi connectivity index (χ2v) is 9.12. The van der Waals surface area contributed by atoms with Crippen LogP contribution in [0, 0.1) is 0 Å². The van der Waals surface area contributed by atoms with Crippen LogP contribution in [-0.2, 0) is 11.3 Å². The van der Waals surface area contributed by atoms with Crippen LogP contribution < -0.4 is 5.32 Å². The number of anilines is 1. The van der Waals surface area contributed by atoms with Crippen molar-refractivity contribution < 1.29 is 4.79 Å². The highest BCUT2D eigenvalue weighted by Crippen LogP contribution is 2.29. The predicted molar refractivity (Wildman–Crippen MR) is 120 cm³/mol. The minimum Gasteiger partial charge on any atom is -0.308 e. The fourth-order valence-electron chi connectivity index (χ4n) is 2.88. The molecule has 0 spiro atoms. The first-order chi connectivity index (χ1) is 13.8. The standard InChI is InChI=1S/C19H28Cl2N6OS/c1-6-8-9-27-17(15(7-2)26(4)5)24-25-19(27)29-12(3)18(28)23-16-14(21)10-13(20)11-22-16/h10-12,15H,6-9H2,1-5H3,(H,22,23,28)/t12-,15-/m1/s1. The molecule has 1 amide bonds. The fourth-order valence-corrected chi connectivity index (χ4v) is 4.18. The maximum atomic E-state index is 12.7. The number of nitrogens with one attached hydrogen (secondary N) is 1. The summed E-state index contributed by atoms with van der Waals surface area (Å²) in [6.07, 6.45) is 4.46. The molecule has 2 aromatic heterocycles. The Labute approximate surface area is 186 Å². The summed E-state index contributed by atoms with van der Waals surface area (Å²) in [5.41, 5.74) is 0. The van der Waals surface area contributed by atoms with E-state index in [0.717, 1.165) is 36.8 Å². The van der Waals surface area contributed by atoms with Gasteiger partial charge in [0.05, 0.1) is 21.3 Å². The summed E-state index contributed by atoms with van der Waals surface area (Å²) in [6.45, 7) is 6.93. The Morgan fingerprint density at radius 2 is 2.03 bits per heavy atom. The van der Waals surface area contributed by atoms with Gasteiger partial charge in [0.1, 0.15) is 0 Å². The lowest BCUT2D eigenvalue weighted by atomic mass is 10.2. The third-order valence-electron chi connectivity index (χ3n) is 4.49. The number of halogens is 2. The molecule has 10 heteroatoms. The summed E-state index contributed by atoms with van der Waals surface area (Å²) >= 11 is 13.3. The predicted octanol–water partition coefficient (Wildman–Crippen LogP) is 4.91. The monoisotopic (exact) mass is 458 g/mol. The third-order valence-corrected chi connectivity index (χ3v) is 6.06. The van der Waals surface area contributed by atoms with E-state index >= 15 is 0 Å². The van der Waals surface area contributed by atoms with Gasteiger partial charge in [0, 0.05) is 12.7 Å². The molecule has 0 aliphatic heterocycles. The van der Waals surface area contributed by atoms with Gasteiger partial charge >= 0.3 is 0 Å². The van der Waals surface area contributed by atoms with E-state index < -0.39 is 5.25 Å². The molecular weight excluding hydrogens is 431 g/mol. The van der Waals surface area contributed by atoms with E-state index in [4.69, 9.17) is 23.2 Å². The van der Waals surface area contributed by atoms with Crippen LogP contribution in [0.4, 0.5) is 5.82 Å². The first kappa shape index (κ1) is 23.9. The lowest BCUT2D eigenvalue weighted by Crippen LogP contribution is -2.25. The van der Waals surface area contributed by atoms with Crippen LogP contribution in [0.25, 0.3) is 0 Å². The summed E-state index contributed by atoms with van der Waals surface area (Å²) < 4.78 is 2.14. The number of carbonyl (C=O) groups excluding carboxylic acids is 1. The van der Waals surface area contributed by atoms with Gasteiger partial charge in [-0.05, 0) is 39.9 Å². The maximum absolute atomic E-state index is 12.7. The number of rotatable bonds is 10. The molecule has 2 rings (SSSR count). The van der Waals surface area contributed by atoms with Crippen molar-refractivity contribution in [2.75, 3.05) is 19.4 Å². The van der Waals surface area contributed by atoms with Crippen molar-refractivity contribution in [2.45, 2.75) is 63.0 Å². The number of carbonyl (C=O) groups is 1. The van der Waals surface area contributed by atoms with Crippen molar-refractivity contribution in [3.05, 3.63) is 28.1 Å². The molecule has 0 fully saturated rings. The number of nitrogens with zero attached hydrogens (tertiary/aromatic N) is 5. The van der Waals surface area contributed by atoms with Crippen LogP contribution in [0.1, 0.15) is 51.9 Å². The second-order valence-electron chi connectivity index (χ2n) is 6.97. The summed E-state index contributed by atoms with van der Waals surface area (Å²) in [5.74, 6) is 1.02. The number of thioether (sulfide) groups is 1. The molecular formula is C19H28Cl2N6OS. The largest absolute Gasteiger partial charge is 0.308 e. The molecule has 1 N–H and O–H groups in total. The first-order valence-corrected chi connectivity index (χ1v) is 11.3. The van der Waals surface area contributed by atoms with Gasteiger partial charge in [-0.2, -0.15) is 0 Å². The average molecular weight is 459 g/mol. The van der Waals surface area contributed by atoms with Crippen molar-refractivity contribution in [3.8, 4) is 0 Å². The minimum atomic E-state index is -0.402. The lowest BCUT2D eigenvalue weighted by Gasteiger charge is -2.23. The Bertz CT molecular complexity index is 829. The van der Waals surface area contributed by atoms with E-state index in [1.807, 2.05) is 21.0 Å². The zero-order valence-electron chi connectivity index (χ0n) is 17.4. The summed E-state index contributed by atoms with van der Waals surface area (Å²) in [6, 6.07) is 1.72. The smallest absolute Gasteiger partial charge is 0.238 e. The Balaban J connectivity index is 2.18. The van der Waals surface area contributed by atoms with Gasteiger partial charge in [-0.15, -0.1) is 10.2 Å². The van der Waals surface area contributed by atoms with Gasteiger partial charge in [0.25, 0.3) is 0 Å². The van der Waals surface area contributed by atoms with Crippen molar-refractivity contribution in [2.24, 2.45) is 0 Å². The summed E-state index contributed by atoms with van der Waals surface area (Å²) in [4.78, 5) is 18.9. The second kappa shape index (κ2) is 11.2. The molecule has 0 aromatic carbocycles. The summed E-state index contributed by atoms with van der Waals surface area (Å²) in [5, 5.41) is 12.6. The lowest BCUT2D eigenvalue weighted by molar-refractivity contribution is -0.115. The third kappa shape index (κ3) is 6.31. The number of pyridine rings is 1. The molecule has 0 saturated heterocycles. The zero-order valence-corrected chi connectivity index (χ0v) is 19.8. The number of hydrogen-bond donors (Lipinski definition) is 1. The molecule has 29 heavy (non-hydrogen) atoms. The molecule has 0 unspecified atom stereocenters. The van der Waals surface area contributed by atoms with Gasteiger partial charge in [-0.3, -0.25) is 9.69 Å². The molecule has 2 heterocycles. The molecule has 2 atom stereocenters. The fraction of sp³-hybridized carbons (Fsp3) is 0.579. The maximum Gasteiger partial charge on any atom is 0.238 e. The van der Waals surface area contributed by atoms with Crippen molar-refractivity contribution in [1.29, 1.82) is 0 Å². The van der Waals surface area contributed by atoms with Crippen LogP contribution in [0.2, 0.25) is 10.0 Å². The van der Waals surface area contributed by atoms with Crippen LogP contribution in [-0.4, -0.2) is 49.9 Å². The van der Waals surface area contributed by atoms with E-state index in [1.165, 1.54) is 18.0 Å². The highest BCUT2D eigenvalue weighted by molar-refractivity contribution is 8.00. The Morgan fingerprint density at radius 1 is 1.31 bits per heavy atom. The molecule has 7 nitrogen and oxygen atoms in total. The molecule has 2 aromatic rings. The quantitative estimate of drug-likeness (QED) is 0.509. The van der Waals surface area contributed by atoms with E-state index in [-0.39, 0.29) is 11.9 Å². The van der Waals surface area contributed by atoms with Gasteiger partial charge in [-0.25, -0.2) is 4.98 Å². The number of aromatic nitrogens is 4.